The number of aryl methyl sites for hydroxylation is 1. The summed E-state index contributed by atoms with van der Waals surface area (Å²) in [4.78, 5) is 12.2. The van der Waals surface area contributed by atoms with Crippen molar-refractivity contribution in [3.05, 3.63) is 42.2 Å². The van der Waals surface area contributed by atoms with Crippen LogP contribution in [-0.4, -0.2) is 22.2 Å². The summed E-state index contributed by atoms with van der Waals surface area (Å²) < 4.78 is 1.65. The topological polar surface area (TPSA) is 59.0 Å². The molecule has 3 rings (SSSR count). The number of nitrogens with zero attached hydrogens (tertiary/aromatic N) is 2. The molecule has 1 amide bonds. The highest BCUT2D eigenvalue weighted by Crippen LogP contribution is 2.25. The van der Waals surface area contributed by atoms with Crippen LogP contribution in [-0.2, 0) is 11.2 Å². The van der Waals surface area contributed by atoms with E-state index in [0.29, 0.717) is 0 Å². The third-order valence-electron chi connectivity index (χ3n) is 3.61. The van der Waals surface area contributed by atoms with Crippen molar-refractivity contribution in [2.24, 2.45) is 0 Å². The smallest absolute Gasteiger partial charge is 0.248 e. The number of carbonyl (C=O) groups excluding carboxylic acids is 1. The molecule has 0 spiro atoms. The standard InChI is InChI=1S/C15H18N4O/c1-11(19-9-3-8-17-19)15(20)18-13-5-6-14-12(10-13)4-2-7-16-14/h3,5-6,8-11,16H,2,4,7H2,1H3,(H,18,20). The molecule has 1 unspecified atom stereocenters. The van der Waals surface area contributed by atoms with Crippen LogP contribution in [0.25, 0.3) is 0 Å². The van der Waals surface area contributed by atoms with E-state index in [4.69, 9.17) is 0 Å². The number of hydrogen-bond donors (Lipinski definition) is 2. The molecule has 1 aliphatic heterocycles. The van der Waals surface area contributed by atoms with Gasteiger partial charge < -0.3 is 10.6 Å². The number of fused-ring (bicyclic) bond motifs is 1. The Morgan fingerprint density at radius 1 is 1.50 bits per heavy atom. The highest BCUT2D eigenvalue weighted by molar-refractivity contribution is 5.93. The Hall–Kier alpha value is -2.30. The van der Waals surface area contributed by atoms with Gasteiger partial charge in [-0.2, -0.15) is 5.10 Å². The van der Waals surface area contributed by atoms with Gasteiger partial charge in [-0.1, -0.05) is 0 Å². The fraction of sp³-hybridized carbons (Fsp3) is 0.333. The Morgan fingerprint density at radius 2 is 2.40 bits per heavy atom. The molecular weight excluding hydrogens is 252 g/mol. The predicted octanol–water partition coefficient (Wildman–Crippen LogP) is 2.44. The van der Waals surface area contributed by atoms with Gasteiger partial charge in [-0.15, -0.1) is 0 Å². The lowest BCUT2D eigenvalue weighted by molar-refractivity contribution is -0.119. The van der Waals surface area contributed by atoms with Crippen LogP contribution in [0.3, 0.4) is 0 Å². The number of amides is 1. The molecule has 2 N–H and O–H groups in total. The van der Waals surface area contributed by atoms with Crippen molar-refractivity contribution in [1.29, 1.82) is 0 Å². The third kappa shape index (κ3) is 2.52. The van der Waals surface area contributed by atoms with Gasteiger partial charge in [0.2, 0.25) is 5.91 Å². The van der Waals surface area contributed by atoms with Gasteiger partial charge >= 0.3 is 0 Å². The van der Waals surface area contributed by atoms with E-state index in [1.54, 1.807) is 17.1 Å². The summed E-state index contributed by atoms with van der Waals surface area (Å²) in [5.41, 5.74) is 3.28. The molecule has 0 fully saturated rings. The average Bonchev–Trinajstić information content (AvgIpc) is 3.00. The molecular formula is C15H18N4O. The second-order valence-corrected chi connectivity index (χ2v) is 5.05. The van der Waals surface area contributed by atoms with Crippen LogP contribution in [0.1, 0.15) is 24.9 Å². The van der Waals surface area contributed by atoms with Crippen LogP contribution in [0.15, 0.2) is 36.7 Å². The zero-order valence-electron chi connectivity index (χ0n) is 11.5. The Kier molecular flexibility index (Phi) is 3.41. The van der Waals surface area contributed by atoms with Gasteiger partial charge in [-0.05, 0) is 49.6 Å². The fourth-order valence-electron chi connectivity index (χ4n) is 2.43. The van der Waals surface area contributed by atoms with Gasteiger partial charge in [0.05, 0.1) is 0 Å². The van der Waals surface area contributed by atoms with Gasteiger partial charge in [0.15, 0.2) is 0 Å². The molecule has 0 saturated carbocycles. The number of rotatable bonds is 3. The van der Waals surface area contributed by atoms with E-state index in [-0.39, 0.29) is 11.9 Å². The first-order valence-electron chi connectivity index (χ1n) is 6.91. The number of anilines is 2. The van der Waals surface area contributed by atoms with Crippen molar-refractivity contribution in [2.75, 3.05) is 17.2 Å². The minimum atomic E-state index is -0.320. The van der Waals surface area contributed by atoms with E-state index >= 15 is 0 Å². The summed E-state index contributed by atoms with van der Waals surface area (Å²) in [6.45, 7) is 2.86. The maximum Gasteiger partial charge on any atom is 0.248 e. The largest absolute Gasteiger partial charge is 0.385 e. The molecule has 1 aromatic heterocycles. The highest BCUT2D eigenvalue weighted by Gasteiger charge is 2.16. The summed E-state index contributed by atoms with van der Waals surface area (Å²) in [6, 6.07) is 7.51. The maximum atomic E-state index is 12.2. The average molecular weight is 270 g/mol. The Bertz CT molecular complexity index is 606. The van der Waals surface area contributed by atoms with E-state index < -0.39 is 0 Å². The van der Waals surface area contributed by atoms with Gasteiger partial charge in [0.25, 0.3) is 0 Å². The molecule has 0 saturated heterocycles. The van der Waals surface area contributed by atoms with Crippen LogP contribution < -0.4 is 10.6 Å². The van der Waals surface area contributed by atoms with E-state index in [9.17, 15) is 4.79 Å². The molecule has 5 nitrogen and oxygen atoms in total. The molecule has 0 radical (unpaired) electrons. The quantitative estimate of drug-likeness (QED) is 0.900. The third-order valence-corrected chi connectivity index (χ3v) is 3.61. The minimum absolute atomic E-state index is 0.0579. The molecule has 0 aliphatic carbocycles. The molecule has 1 aromatic carbocycles. The Morgan fingerprint density at radius 3 is 3.20 bits per heavy atom. The van der Waals surface area contributed by atoms with Gasteiger partial charge in [-0.3, -0.25) is 9.48 Å². The number of aromatic nitrogens is 2. The van der Waals surface area contributed by atoms with Crippen LogP contribution in [0.4, 0.5) is 11.4 Å². The van der Waals surface area contributed by atoms with Crippen LogP contribution in [0.5, 0.6) is 0 Å². The zero-order chi connectivity index (χ0) is 13.9. The number of hydrogen-bond acceptors (Lipinski definition) is 3. The monoisotopic (exact) mass is 270 g/mol. The first-order chi connectivity index (χ1) is 9.74. The highest BCUT2D eigenvalue weighted by atomic mass is 16.2. The summed E-state index contributed by atoms with van der Waals surface area (Å²) in [5, 5.41) is 10.4. The molecule has 1 atom stereocenters. The molecule has 5 heteroatoms. The first-order valence-corrected chi connectivity index (χ1v) is 6.91. The second kappa shape index (κ2) is 5.36. The zero-order valence-corrected chi connectivity index (χ0v) is 11.5. The molecule has 2 aromatic rings. The summed E-state index contributed by atoms with van der Waals surface area (Å²) in [6.07, 6.45) is 5.66. The van der Waals surface area contributed by atoms with E-state index in [1.165, 1.54) is 11.3 Å². The van der Waals surface area contributed by atoms with Crippen molar-refractivity contribution in [3.63, 3.8) is 0 Å². The minimum Gasteiger partial charge on any atom is -0.385 e. The van der Waals surface area contributed by atoms with E-state index in [1.807, 2.05) is 25.1 Å². The van der Waals surface area contributed by atoms with Crippen molar-refractivity contribution >= 4 is 17.3 Å². The summed E-state index contributed by atoms with van der Waals surface area (Å²) >= 11 is 0. The van der Waals surface area contributed by atoms with Gasteiger partial charge in [-0.25, -0.2) is 0 Å². The SMILES string of the molecule is CC(C(=O)Nc1ccc2c(c1)CCCN2)n1cccn1. The van der Waals surface area contributed by atoms with Crippen molar-refractivity contribution < 1.29 is 4.79 Å². The molecule has 2 heterocycles. The lowest BCUT2D eigenvalue weighted by Crippen LogP contribution is -2.24. The number of benzene rings is 1. The lowest BCUT2D eigenvalue weighted by atomic mass is 10.0. The molecule has 104 valence electrons. The maximum absolute atomic E-state index is 12.2. The van der Waals surface area contributed by atoms with Crippen molar-refractivity contribution in [2.45, 2.75) is 25.8 Å². The Balaban J connectivity index is 1.73. The van der Waals surface area contributed by atoms with Gasteiger partial charge in [0.1, 0.15) is 6.04 Å². The van der Waals surface area contributed by atoms with Gasteiger partial charge in [0, 0.05) is 30.3 Å². The molecule has 20 heavy (non-hydrogen) atoms. The molecule has 0 bridgehead atoms. The summed E-state index contributed by atoms with van der Waals surface area (Å²) in [7, 11) is 0. The van der Waals surface area contributed by atoms with Crippen LogP contribution in [0.2, 0.25) is 0 Å². The second-order valence-electron chi connectivity index (χ2n) is 5.05. The van der Waals surface area contributed by atoms with Crippen molar-refractivity contribution in [1.82, 2.24) is 9.78 Å². The first kappa shape index (κ1) is 12.7. The number of nitrogens with one attached hydrogen (secondary N) is 2. The van der Waals surface area contributed by atoms with E-state index in [2.05, 4.69) is 21.8 Å². The molecule has 1 aliphatic rings. The normalized spacial score (nSPS) is 15.1. The summed E-state index contributed by atoms with van der Waals surface area (Å²) in [5.74, 6) is -0.0579. The van der Waals surface area contributed by atoms with E-state index in [0.717, 1.165) is 25.1 Å². The Labute approximate surface area is 118 Å². The fourth-order valence-corrected chi connectivity index (χ4v) is 2.43. The van der Waals surface area contributed by atoms with Crippen LogP contribution >= 0.6 is 0 Å². The number of carbonyl (C=O) groups is 1. The van der Waals surface area contributed by atoms with Crippen molar-refractivity contribution in [3.8, 4) is 0 Å². The van der Waals surface area contributed by atoms with Crippen LogP contribution in [0, 0.1) is 0 Å². The lowest BCUT2D eigenvalue weighted by Gasteiger charge is -2.19. The predicted molar refractivity (Wildman–Crippen MR) is 78.8 cm³/mol.